The lowest BCUT2D eigenvalue weighted by Crippen LogP contribution is -2.46. The summed E-state index contributed by atoms with van der Waals surface area (Å²) in [5.41, 5.74) is 0. The first-order valence-electron chi connectivity index (χ1n) is 10.9. The van der Waals surface area contributed by atoms with Crippen LogP contribution in [-0.4, -0.2) is 79.9 Å². The molecule has 0 bridgehead atoms. The Morgan fingerprint density at radius 2 is 1.72 bits per heavy atom. The first kappa shape index (κ1) is 26.5. The molecule has 0 aromatic heterocycles. The van der Waals surface area contributed by atoms with Gasteiger partial charge >= 0.3 is 0 Å². The molecular weight excluding hydrogens is 493 g/mol. The highest BCUT2D eigenvalue weighted by atomic mass is 127. The fourth-order valence-corrected chi connectivity index (χ4v) is 4.25. The highest BCUT2D eigenvalue weighted by Crippen LogP contribution is 2.22. The van der Waals surface area contributed by atoms with Crippen molar-refractivity contribution < 1.29 is 0 Å². The van der Waals surface area contributed by atoms with Crippen molar-refractivity contribution in [1.82, 2.24) is 20.4 Å². The average molecular weight is 534 g/mol. The van der Waals surface area contributed by atoms with Crippen LogP contribution in [0.1, 0.15) is 33.6 Å². The lowest BCUT2D eigenvalue weighted by molar-refractivity contribution is 0.136. The van der Waals surface area contributed by atoms with Crippen LogP contribution in [0.4, 0.5) is 0 Å². The summed E-state index contributed by atoms with van der Waals surface area (Å²) in [6, 6.07) is 10.6. The number of thioether (sulfide) groups is 1. The van der Waals surface area contributed by atoms with Crippen LogP contribution in [0.5, 0.6) is 0 Å². The van der Waals surface area contributed by atoms with E-state index in [9.17, 15) is 0 Å². The number of rotatable bonds is 11. The Bertz CT molecular complexity index is 549. The van der Waals surface area contributed by atoms with Gasteiger partial charge in [0.05, 0.1) is 6.54 Å². The number of hydrogen-bond acceptors (Lipinski definition) is 4. The van der Waals surface area contributed by atoms with Gasteiger partial charge < -0.3 is 20.4 Å². The number of piperazine rings is 1. The summed E-state index contributed by atoms with van der Waals surface area (Å²) < 4.78 is 0. The number of aliphatic imine (C=N–C) groups is 1. The summed E-state index contributed by atoms with van der Waals surface area (Å²) >= 11 is 1.88. The van der Waals surface area contributed by atoms with E-state index >= 15 is 0 Å². The van der Waals surface area contributed by atoms with Gasteiger partial charge in [-0.15, -0.1) is 35.7 Å². The standard InChI is InChI=1S/C22H39N5S.HI/c1-4-23-22(25-19-20(3)28-21-11-7-6-8-12-21)24-13-9-10-14-27-17-15-26(5-2)16-18-27;/h6-8,11-12,20H,4-5,9-10,13-19H2,1-3H3,(H2,23,24,25);1H. The Balaban J connectivity index is 0.00000420. The minimum Gasteiger partial charge on any atom is -0.357 e. The minimum atomic E-state index is 0. The number of likely N-dealkylation sites (N-methyl/N-ethyl adjacent to an activating group) is 1. The van der Waals surface area contributed by atoms with Crippen LogP contribution in [0, 0.1) is 0 Å². The van der Waals surface area contributed by atoms with Gasteiger partial charge in [0.2, 0.25) is 0 Å². The topological polar surface area (TPSA) is 42.9 Å². The third kappa shape index (κ3) is 11.5. The van der Waals surface area contributed by atoms with Crippen molar-refractivity contribution in [1.29, 1.82) is 0 Å². The molecule has 7 heteroatoms. The van der Waals surface area contributed by atoms with Gasteiger partial charge in [0.1, 0.15) is 0 Å². The van der Waals surface area contributed by atoms with Gasteiger partial charge in [-0.1, -0.05) is 32.0 Å². The maximum Gasteiger partial charge on any atom is 0.191 e. The van der Waals surface area contributed by atoms with Crippen LogP contribution in [0.2, 0.25) is 0 Å². The summed E-state index contributed by atoms with van der Waals surface area (Å²) in [7, 11) is 0. The molecule has 1 atom stereocenters. The predicted molar refractivity (Wildman–Crippen MR) is 139 cm³/mol. The van der Waals surface area contributed by atoms with Crippen LogP contribution in [0.15, 0.2) is 40.2 Å². The SMILES string of the molecule is CCNC(=NCC(C)Sc1ccccc1)NCCCCN1CCN(CC)CC1.I. The molecule has 0 saturated carbocycles. The first-order chi connectivity index (χ1) is 13.7. The van der Waals surface area contributed by atoms with Crippen molar-refractivity contribution in [3.8, 4) is 0 Å². The van der Waals surface area contributed by atoms with E-state index in [-0.39, 0.29) is 24.0 Å². The molecule has 1 aromatic carbocycles. The zero-order chi connectivity index (χ0) is 20.0. The second-order valence-electron chi connectivity index (χ2n) is 7.37. The summed E-state index contributed by atoms with van der Waals surface area (Å²) in [5.74, 6) is 0.944. The largest absolute Gasteiger partial charge is 0.357 e. The van der Waals surface area contributed by atoms with Crippen molar-refractivity contribution >= 4 is 41.7 Å². The molecule has 2 N–H and O–H groups in total. The summed E-state index contributed by atoms with van der Waals surface area (Å²) in [6.45, 7) is 16.6. The number of nitrogens with one attached hydrogen (secondary N) is 2. The van der Waals surface area contributed by atoms with Gasteiger partial charge in [0, 0.05) is 49.4 Å². The quantitative estimate of drug-likeness (QED) is 0.149. The van der Waals surface area contributed by atoms with Crippen LogP contribution in [0.25, 0.3) is 0 Å². The lowest BCUT2D eigenvalue weighted by atomic mass is 10.2. The monoisotopic (exact) mass is 533 g/mol. The second-order valence-corrected chi connectivity index (χ2v) is 8.88. The molecule has 0 spiro atoms. The van der Waals surface area contributed by atoms with Crippen molar-refractivity contribution in [2.45, 2.75) is 43.8 Å². The van der Waals surface area contributed by atoms with E-state index in [1.807, 2.05) is 11.8 Å². The summed E-state index contributed by atoms with van der Waals surface area (Å²) in [5, 5.41) is 7.32. The normalized spacial score (nSPS) is 16.9. The molecular formula is C22H40IN5S. The predicted octanol–water partition coefficient (Wildman–Crippen LogP) is 3.76. The maximum atomic E-state index is 4.77. The number of hydrogen-bond donors (Lipinski definition) is 2. The van der Waals surface area contributed by atoms with Crippen LogP contribution in [0.3, 0.4) is 0 Å². The minimum absolute atomic E-state index is 0. The molecule has 2 rings (SSSR count). The lowest BCUT2D eigenvalue weighted by Gasteiger charge is -2.34. The maximum absolute atomic E-state index is 4.77. The zero-order valence-corrected chi connectivity index (χ0v) is 21.5. The highest BCUT2D eigenvalue weighted by Gasteiger charge is 2.14. The van der Waals surface area contributed by atoms with Gasteiger partial charge in [-0.05, 0) is 45.0 Å². The molecule has 166 valence electrons. The van der Waals surface area contributed by atoms with Gasteiger partial charge in [-0.3, -0.25) is 4.99 Å². The number of benzene rings is 1. The fraction of sp³-hybridized carbons (Fsp3) is 0.682. The van der Waals surface area contributed by atoms with Crippen LogP contribution < -0.4 is 10.6 Å². The first-order valence-corrected chi connectivity index (χ1v) is 11.8. The Kier molecular flexibility index (Phi) is 14.8. The van der Waals surface area contributed by atoms with E-state index in [1.165, 1.54) is 57.0 Å². The summed E-state index contributed by atoms with van der Waals surface area (Å²) in [4.78, 5) is 11.2. The van der Waals surface area contributed by atoms with E-state index in [2.05, 4.69) is 71.5 Å². The van der Waals surface area contributed by atoms with Crippen molar-refractivity contribution in [2.75, 3.05) is 58.9 Å². The molecule has 1 heterocycles. The number of unbranched alkanes of at least 4 members (excludes halogenated alkanes) is 1. The van der Waals surface area contributed by atoms with Crippen molar-refractivity contribution in [3.05, 3.63) is 30.3 Å². The molecule has 5 nitrogen and oxygen atoms in total. The molecule has 1 aliphatic rings. The van der Waals surface area contributed by atoms with E-state index in [1.54, 1.807) is 0 Å². The Morgan fingerprint density at radius 3 is 2.38 bits per heavy atom. The molecule has 1 aromatic rings. The van der Waals surface area contributed by atoms with Gasteiger partial charge in [0.25, 0.3) is 0 Å². The smallest absolute Gasteiger partial charge is 0.191 e. The average Bonchev–Trinajstić information content (AvgIpc) is 2.73. The number of nitrogens with zero attached hydrogens (tertiary/aromatic N) is 3. The number of halogens is 1. The van der Waals surface area contributed by atoms with E-state index < -0.39 is 0 Å². The molecule has 29 heavy (non-hydrogen) atoms. The van der Waals surface area contributed by atoms with Gasteiger partial charge in [0.15, 0.2) is 5.96 Å². The second kappa shape index (κ2) is 16.2. The molecule has 1 unspecified atom stereocenters. The number of guanidine groups is 1. The fourth-order valence-electron chi connectivity index (χ4n) is 3.33. The van der Waals surface area contributed by atoms with Crippen molar-refractivity contribution in [3.63, 3.8) is 0 Å². The third-order valence-electron chi connectivity index (χ3n) is 5.04. The Morgan fingerprint density at radius 1 is 1.03 bits per heavy atom. The highest BCUT2D eigenvalue weighted by molar-refractivity contribution is 14.0. The van der Waals surface area contributed by atoms with Crippen molar-refractivity contribution in [2.24, 2.45) is 4.99 Å². The van der Waals surface area contributed by atoms with Gasteiger partial charge in [-0.2, -0.15) is 0 Å². The van der Waals surface area contributed by atoms with E-state index in [0.29, 0.717) is 5.25 Å². The summed E-state index contributed by atoms with van der Waals surface area (Å²) in [6.07, 6.45) is 2.44. The zero-order valence-electron chi connectivity index (χ0n) is 18.4. The molecule has 1 fully saturated rings. The molecule has 0 aliphatic carbocycles. The molecule has 1 saturated heterocycles. The molecule has 0 amide bonds. The third-order valence-corrected chi connectivity index (χ3v) is 6.13. The Labute approximate surface area is 199 Å². The molecule has 1 aliphatic heterocycles. The van der Waals surface area contributed by atoms with Gasteiger partial charge in [-0.25, -0.2) is 0 Å². The van der Waals surface area contributed by atoms with Crippen LogP contribution >= 0.6 is 35.7 Å². The van der Waals surface area contributed by atoms with E-state index in [0.717, 1.165) is 25.6 Å². The Hall–Kier alpha value is -0.510. The molecule has 0 radical (unpaired) electrons. The van der Waals surface area contributed by atoms with Crippen LogP contribution in [-0.2, 0) is 0 Å². The van der Waals surface area contributed by atoms with E-state index in [4.69, 9.17) is 4.99 Å².